The van der Waals surface area contributed by atoms with Crippen molar-refractivity contribution < 1.29 is 19.0 Å². The smallest absolute Gasteiger partial charge is 0.255 e. The highest BCUT2D eigenvalue weighted by Crippen LogP contribution is 2.28. The summed E-state index contributed by atoms with van der Waals surface area (Å²) in [6.07, 6.45) is 2.47. The molecule has 4 rings (SSSR count). The fraction of sp³-hybridized carbons (Fsp3) is 0.444. The molecule has 36 heavy (non-hydrogen) atoms. The van der Waals surface area contributed by atoms with Gasteiger partial charge in [0.2, 0.25) is 0 Å². The maximum atomic E-state index is 14.3. The van der Waals surface area contributed by atoms with Crippen LogP contribution in [0.1, 0.15) is 54.9 Å². The van der Waals surface area contributed by atoms with Gasteiger partial charge >= 0.3 is 0 Å². The molecule has 0 aliphatic carbocycles. The van der Waals surface area contributed by atoms with Gasteiger partial charge in [0.25, 0.3) is 5.91 Å². The predicted octanol–water partition coefficient (Wildman–Crippen LogP) is 3.81. The molecule has 9 heteroatoms. The fourth-order valence-corrected chi connectivity index (χ4v) is 4.36. The standard InChI is InChI=1S/C27H34FN5O3/c1-17-7-8-19(30-24(34)18-9-10-29-23(13-18)27(4,5)28)14-20(17)21-15-22(25(35)32(6)31-21)33-11-12-36-26(2,3)16-33/h7-10,13-15,25,35H,11-12,16H2,1-6H3,(H,30,34). The minimum atomic E-state index is -1.65. The summed E-state index contributed by atoms with van der Waals surface area (Å²) in [5.74, 6) is -0.359. The molecule has 1 saturated heterocycles. The van der Waals surface area contributed by atoms with Gasteiger partial charge in [-0.05, 0) is 70.5 Å². The van der Waals surface area contributed by atoms with Crippen LogP contribution in [0.15, 0.2) is 53.4 Å². The predicted molar refractivity (Wildman–Crippen MR) is 137 cm³/mol. The third-order valence-corrected chi connectivity index (χ3v) is 6.36. The molecular weight excluding hydrogens is 461 g/mol. The zero-order valence-corrected chi connectivity index (χ0v) is 21.7. The van der Waals surface area contributed by atoms with E-state index in [1.807, 2.05) is 45.0 Å². The van der Waals surface area contributed by atoms with E-state index in [2.05, 4.69) is 20.3 Å². The molecule has 0 spiro atoms. The molecule has 1 aromatic carbocycles. The number of hydrazone groups is 1. The van der Waals surface area contributed by atoms with Crippen LogP contribution in [-0.2, 0) is 10.4 Å². The number of alkyl halides is 1. The average molecular weight is 496 g/mol. The van der Waals surface area contributed by atoms with Crippen LogP contribution in [0.25, 0.3) is 0 Å². The summed E-state index contributed by atoms with van der Waals surface area (Å²) in [5, 5.41) is 19.9. The van der Waals surface area contributed by atoms with E-state index in [0.717, 1.165) is 16.8 Å². The molecule has 2 aliphatic heterocycles. The SMILES string of the molecule is Cc1ccc(NC(=O)c2ccnc(C(C)(C)F)c2)cc1C1=NN(C)C(O)C(N2CCOC(C)(C)C2)=C1. The number of benzene rings is 1. The highest BCUT2D eigenvalue weighted by molar-refractivity contribution is 6.11. The third-order valence-electron chi connectivity index (χ3n) is 6.36. The Bertz CT molecular complexity index is 1220. The number of carbonyl (C=O) groups is 1. The number of morpholine rings is 1. The second kappa shape index (κ2) is 9.63. The van der Waals surface area contributed by atoms with E-state index in [0.29, 0.717) is 36.7 Å². The zero-order chi connectivity index (χ0) is 26.3. The lowest BCUT2D eigenvalue weighted by Gasteiger charge is -2.43. The first-order chi connectivity index (χ1) is 16.8. The van der Waals surface area contributed by atoms with Crippen molar-refractivity contribution >= 4 is 17.3 Å². The Labute approximate surface area is 211 Å². The molecule has 8 nitrogen and oxygen atoms in total. The Kier molecular flexibility index (Phi) is 6.90. The van der Waals surface area contributed by atoms with Gasteiger partial charge < -0.3 is 20.1 Å². The summed E-state index contributed by atoms with van der Waals surface area (Å²) in [6.45, 7) is 10.7. The number of allylic oxidation sites excluding steroid dienone is 1. The lowest BCUT2D eigenvalue weighted by Crippen LogP contribution is -2.51. The van der Waals surface area contributed by atoms with E-state index < -0.39 is 11.9 Å². The Morgan fingerprint density at radius 1 is 1.28 bits per heavy atom. The molecular formula is C27H34FN5O3. The third kappa shape index (κ3) is 5.57. The van der Waals surface area contributed by atoms with Gasteiger partial charge in [-0.15, -0.1) is 0 Å². The highest BCUT2D eigenvalue weighted by Gasteiger charge is 2.33. The molecule has 2 N–H and O–H groups in total. The van der Waals surface area contributed by atoms with Crippen molar-refractivity contribution in [1.82, 2.24) is 14.9 Å². The molecule has 2 aliphatic rings. The lowest BCUT2D eigenvalue weighted by molar-refractivity contribution is -0.0880. The minimum absolute atomic E-state index is 0.196. The lowest BCUT2D eigenvalue weighted by atomic mass is 10.00. The van der Waals surface area contributed by atoms with Crippen molar-refractivity contribution in [3.8, 4) is 0 Å². The fourth-order valence-electron chi connectivity index (χ4n) is 4.36. The molecule has 1 amide bonds. The van der Waals surface area contributed by atoms with Crippen LogP contribution in [0, 0.1) is 6.92 Å². The summed E-state index contributed by atoms with van der Waals surface area (Å²) in [5.41, 5.74) is 2.37. The number of nitrogens with one attached hydrogen (secondary N) is 1. The molecule has 0 bridgehead atoms. The summed E-state index contributed by atoms with van der Waals surface area (Å²) in [6, 6.07) is 8.60. The second-order valence-corrected chi connectivity index (χ2v) is 10.4. The van der Waals surface area contributed by atoms with Crippen LogP contribution in [0.5, 0.6) is 0 Å². The number of aliphatic hydroxyl groups excluding tert-OH is 1. The van der Waals surface area contributed by atoms with Gasteiger partial charge in [0.15, 0.2) is 6.23 Å². The molecule has 0 saturated carbocycles. The van der Waals surface area contributed by atoms with E-state index in [4.69, 9.17) is 4.74 Å². The summed E-state index contributed by atoms with van der Waals surface area (Å²) in [4.78, 5) is 19.1. The number of aliphatic hydroxyl groups is 1. The molecule has 1 atom stereocenters. The van der Waals surface area contributed by atoms with Gasteiger partial charge in [0.05, 0.1) is 29.3 Å². The second-order valence-electron chi connectivity index (χ2n) is 10.4. The monoisotopic (exact) mass is 495 g/mol. The van der Waals surface area contributed by atoms with Crippen molar-refractivity contribution in [2.75, 3.05) is 32.1 Å². The number of rotatable bonds is 5. The Balaban J connectivity index is 1.61. The summed E-state index contributed by atoms with van der Waals surface area (Å²) < 4.78 is 20.2. The number of halogens is 1. The van der Waals surface area contributed by atoms with Gasteiger partial charge in [-0.1, -0.05) is 6.07 Å². The van der Waals surface area contributed by atoms with Crippen LogP contribution in [-0.4, -0.2) is 70.2 Å². The van der Waals surface area contributed by atoms with Gasteiger partial charge in [-0.25, -0.2) is 4.39 Å². The Hall–Kier alpha value is -3.30. The van der Waals surface area contributed by atoms with E-state index in [1.54, 1.807) is 13.1 Å². The maximum Gasteiger partial charge on any atom is 0.255 e. The number of ether oxygens (including phenoxy) is 1. The number of pyridine rings is 1. The molecule has 1 fully saturated rings. The first-order valence-corrected chi connectivity index (χ1v) is 12.0. The zero-order valence-electron chi connectivity index (χ0n) is 21.7. The van der Waals surface area contributed by atoms with Crippen LogP contribution in [0.3, 0.4) is 0 Å². The summed E-state index contributed by atoms with van der Waals surface area (Å²) >= 11 is 0. The number of aryl methyl sites for hydroxylation is 1. The number of hydrogen-bond donors (Lipinski definition) is 2. The number of carbonyl (C=O) groups excluding carboxylic acids is 1. The number of hydrogen-bond acceptors (Lipinski definition) is 7. The van der Waals surface area contributed by atoms with E-state index in [1.165, 1.54) is 31.1 Å². The van der Waals surface area contributed by atoms with Crippen LogP contribution in [0.2, 0.25) is 0 Å². The van der Waals surface area contributed by atoms with Crippen molar-refractivity contribution in [2.45, 2.75) is 52.1 Å². The Morgan fingerprint density at radius 2 is 2.03 bits per heavy atom. The largest absolute Gasteiger partial charge is 0.372 e. The van der Waals surface area contributed by atoms with Crippen molar-refractivity contribution in [2.24, 2.45) is 5.10 Å². The van der Waals surface area contributed by atoms with Crippen LogP contribution < -0.4 is 5.32 Å². The molecule has 1 aromatic heterocycles. The topological polar surface area (TPSA) is 90.3 Å². The van der Waals surface area contributed by atoms with Crippen molar-refractivity contribution in [3.05, 3.63) is 70.7 Å². The van der Waals surface area contributed by atoms with E-state index in [-0.39, 0.29) is 17.2 Å². The van der Waals surface area contributed by atoms with Gasteiger partial charge in [-0.2, -0.15) is 5.10 Å². The molecule has 3 heterocycles. The first kappa shape index (κ1) is 25.8. The highest BCUT2D eigenvalue weighted by atomic mass is 19.1. The van der Waals surface area contributed by atoms with E-state index >= 15 is 0 Å². The average Bonchev–Trinajstić information content (AvgIpc) is 2.81. The minimum Gasteiger partial charge on any atom is -0.372 e. The first-order valence-electron chi connectivity index (χ1n) is 12.0. The number of anilines is 1. The normalized spacial score (nSPS) is 20.1. The number of likely N-dealkylation sites (N-methyl/N-ethyl adjacent to an activating group) is 1. The molecule has 0 radical (unpaired) electrons. The molecule has 192 valence electrons. The number of amides is 1. The maximum absolute atomic E-state index is 14.3. The quantitative estimate of drug-likeness (QED) is 0.656. The van der Waals surface area contributed by atoms with Gasteiger partial charge in [0, 0.05) is 43.1 Å². The van der Waals surface area contributed by atoms with Gasteiger partial charge in [-0.3, -0.25) is 14.8 Å². The van der Waals surface area contributed by atoms with Gasteiger partial charge in [0.1, 0.15) is 5.67 Å². The van der Waals surface area contributed by atoms with Crippen LogP contribution in [0.4, 0.5) is 10.1 Å². The Morgan fingerprint density at radius 3 is 2.72 bits per heavy atom. The number of aromatic nitrogens is 1. The van der Waals surface area contributed by atoms with Crippen LogP contribution >= 0.6 is 0 Å². The van der Waals surface area contributed by atoms with Crippen molar-refractivity contribution in [1.29, 1.82) is 0 Å². The molecule has 1 unspecified atom stereocenters. The van der Waals surface area contributed by atoms with E-state index in [9.17, 15) is 14.3 Å². The molecule has 2 aromatic rings. The summed E-state index contributed by atoms with van der Waals surface area (Å²) in [7, 11) is 1.73. The number of nitrogens with zero attached hydrogens (tertiary/aromatic N) is 4. The van der Waals surface area contributed by atoms with Crippen molar-refractivity contribution in [3.63, 3.8) is 0 Å².